The minimum absolute atomic E-state index is 0.321. The van der Waals surface area contributed by atoms with Crippen molar-refractivity contribution < 1.29 is 9.18 Å². The van der Waals surface area contributed by atoms with E-state index in [9.17, 15) is 9.18 Å². The first-order chi connectivity index (χ1) is 6.22. The van der Waals surface area contributed by atoms with Gasteiger partial charge in [0, 0.05) is 5.39 Å². The van der Waals surface area contributed by atoms with Crippen LogP contribution in [0.3, 0.4) is 0 Å². The van der Waals surface area contributed by atoms with Crippen molar-refractivity contribution in [2.75, 3.05) is 0 Å². The Bertz CT molecular complexity index is 478. The maximum atomic E-state index is 12.8. The van der Waals surface area contributed by atoms with Crippen LogP contribution in [-0.2, 0) is 0 Å². The molecule has 0 radical (unpaired) electrons. The zero-order valence-corrected chi connectivity index (χ0v) is 8.06. The minimum Gasteiger partial charge on any atom is -0.351 e. The molecule has 2 nitrogen and oxygen atoms in total. The Morgan fingerprint density at radius 3 is 2.92 bits per heavy atom. The molecule has 4 heteroatoms. The Labute approximate surface area is 81.9 Å². The Balaban J connectivity index is 2.83. The van der Waals surface area contributed by atoms with Crippen LogP contribution in [0.25, 0.3) is 10.9 Å². The summed E-state index contributed by atoms with van der Waals surface area (Å²) in [7, 11) is 0. The van der Waals surface area contributed by atoms with Gasteiger partial charge in [-0.25, -0.2) is 4.39 Å². The molecule has 1 aromatic heterocycles. The van der Waals surface area contributed by atoms with Crippen molar-refractivity contribution in [1.82, 2.24) is 4.98 Å². The van der Waals surface area contributed by atoms with Gasteiger partial charge >= 0.3 is 0 Å². The zero-order chi connectivity index (χ0) is 9.42. The van der Waals surface area contributed by atoms with Crippen LogP contribution in [0.1, 0.15) is 10.5 Å². The SMILES string of the molecule is O=Cc1[nH]c2cc(F)ccc2c1Br. The number of benzene rings is 1. The number of fused-ring (bicyclic) bond motifs is 1. The Hall–Kier alpha value is -1.16. The van der Waals surface area contributed by atoms with Crippen LogP contribution < -0.4 is 0 Å². The number of nitrogens with one attached hydrogen (secondary N) is 1. The second-order valence-corrected chi connectivity index (χ2v) is 3.45. The van der Waals surface area contributed by atoms with Gasteiger partial charge in [-0.3, -0.25) is 4.79 Å². The summed E-state index contributed by atoms with van der Waals surface area (Å²) in [5.41, 5.74) is 1.05. The van der Waals surface area contributed by atoms with Crippen LogP contribution in [-0.4, -0.2) is 11.3 Å². The molecule has 0 aliphatic heterocycles. The van der Waals surface area contributed by atoms with Crippen LogP contribution in [0.5, 0.6) is 0 Å². The average molecular weight is 242 g/mol. The number of aromatic amines is 1. The van der Waals surface area contributed by atoms with Crippen molar-refractivity contribution in [3.05, 3.63) is 34.2 Å². The highest BCUT2D eigenvalue weighted by molar-refractivity contribution is 9.10. The molecular formula is C9H5BrFNO. The number of rotatable bonds is 1. The van der Waals surface area contributed by atoms with E-state index in [1.165, 1.54) is 12.1 Å². The molecule has 0 bridgehead atoms. The summed E-state index contributed by atoms with van der Waals surface area (Å²) >= 11 is 3.25. The van der Waals surface area contributed by atoms with E-state index in [0.29, 0.717) is 22.0 Å². The van der Waals surface area contributed by atoms with Gasteiger partial charge < -0.3 is 4.98 Å². The molecule has 0 spiro atoms. The fraction of sp³-hybridized carbons (Fsp3) is 0. The lowest BCUT2D eigenvalue weighted by Gasteiger charge is -1.89. The molecule has 0 amide bonds. The zero-order valence-electron chi connectivity index (χ0n) is 6.47. The predicted octanol–water partition coefficient (Wildman–Crippen LogP) is 2.88. The van der Waals surface area contributed by atoms with E-state index in [2.05, 4.69) is 20.9 Å². The first kappa shape index (κ1) is 8.44. The molecule has 2 rings (SSSR count). The van der Waals surface area contributed by atoms with Crippen molar-refractivity contribution in [3.63, 3.8) is 0 Å². The van der Waals surface area contributed by atoms with Gasteiger partial charge in [0.2, 0.25) is 0 Å². The third-order valence-electron chi connectivity index (χ3n) is 1.84. The Kier molecular flexibility index (Phi) is 1.92. The molecule has 0 saturated heterocycles. The molecule has 0 unspecified atom stereocenters. The largest absolute Gasteiger partial charge is 0.351 e. The third-order valence-corrected chi connectivity index (χ3v) is 2.70. The van der Waals surface area contributed by atoms with E-state index < -0.39 is 0 Å². The van der Waals surface area contributed by atoms with Gasteiger partial charge in [-0.2, -0.15) is 0 Å². The highest BCUT2D eigenvalue weighted by Crippen LogP contribution is 2.27. The average Bonchev–Trinajstić information content (AvgIpc) is 2.42. The Morgan fingerprint density at radius 1 is 1.46 bits per heavy atom. The van der Waals surface area contributed by atoms with Gasteiger partial charge in [-0.1, -0.05) is 0 Å². The summed E-state index contributed by atoms with van der Waals surface area (Å²) < 4.78 is 13.4. The molecule has 0 atom stereocenters. The van der Waals surface area contributed by atoms with E-state index in [4.69, 9.17) is 0 Å². The van der Waals surface area contributed by atoms with Gasteiger partial charge in [0.05, 0.1) is 15.7 Å². The fourth-order valence-corrected chi connectivity index (χ4v) is 1.78. The lowest BCUT2D eigenvalue weighted by Crippen LogP contribution is -1.77. The molecule has 0 fully saturated rings. The molecule has 13 heavy (non-hydrogen) atoms. The highest BCUT2D eigenvalue weighted by Gasteiger charge is 2.07. The van der Waals surface area contributed by atoms with E-state index >= 15 is 0 Å². The molecule has 0 aliphatic rings. The number of halogens is 2. The van der Waals surface area contributed by atoms with E-state index in [0.717, 1.165) is 5.39 Å². The number of aldehydes is 1. The number of hydrogen-bond donors (Lipinski definition) is 1. The van der Waals surface area contributed by atoms with Crippen molar-refractivity contribution in [2.45, 2.75) is 0 Å². The summed E-state index contributed by atoms with van der Waals surface area (Å²) in [6.45, 7) is 0. The fourth-order valence-electron chi connectivity index (χ4n) is 1.24. The summed E-state index contributed by atoms with van der Waals surface area (Å²) in [5, 5.41) is 0.809. The predicted molar refractivity (Wildman–Crippen MR) is 51.3 cm³/mol. The number of carbonyl (C=O) groups excluding carboxylic acids is 1. The standard InChI is InChI=1S/C9H5BrFNO/c10-9-6-2-1-5(11)3-7(6)12-8(9)4-13/h1-4,12H. The van der Waals surface area contributed by atoms with Crippen LogP contribution >= 0.6 is 15.9 Å². The number of hydrogen-bond acceptors (Lipinski definition) is 1. The first-order valence-electron chi connectivity index (χ1n) is 3.64. The second-order valence-electron chi connectivity index (χ2n) is 2.66. The van der Waals surface area contributed by atoms with Crippen LogP contribution in [0.2, 0.25) is 0 Å². The molecule has 0 saturated carbocycles. The molecule has 1 N–H and O–H groups in total. The molecule has 0 aliphatic carbocycles. The number of aromatic nitrogens is 1. The number of H-pyrrole nitrogens is 1. The van der Waals surface area contributed by atoms with E-state index in [1.807, 2.05) is 0 Å². The van der Waals surface area contributed by atoms with Crippen molar-refractivity contribution in [3.8, 4) is 0 Å². The molecule has 1 heterocycles. The maximum Gasteiger partial charge on any atom is 0.167 e. The van der Waals surface area contributed by atoms with Gasteiger partial charge in [0.15, 0.2) is 6.29 Å². The summed E-state index contributed by atoms with van der Waals surface area (Å²) in [6.07, 6.45) is 0.696. The summed E-state index contributed by atoms with van der Waals surface area (Å²) in [6, 6.07) is 4.33. The van der Waals surface area contributed by atoms with Crippen molar-refractivity contribution in [2.24, 2.45) is 0 Å². The van der Waals surface area contributed by atoms with Crippen LogP contribution in [0.4, 0.5) is 4.39 Å². The van der Waals surface area contributed by atoms with Gasteiger partial charge in [-0.15, -0.1) is 0 Å². The smallest absolute Gasteiger partial charge is 0.167 e. The van der Waals surface area contributed by atoms with Crippen LogP contribution in [0.15, 0.2) is 22.7 Å². The quantitative estimate of drug-likeness (QED) is 0.766. The lowest BCUT2D eigenvalue weighted by molar-refractivity contribution is 0.111. The van der Waals surface area contributed by atoms with E-state index in [-0.39, 0.29) is 5.82 Å². The van der Waals surface area contributed by atoms with Gasteiger partial charge in [-0.05, 0) is 34.1 Å². The first-order valence-corrected chi connectivity index (χ1v) is 4.43. The molecule has 2 aromatic rings. The highest BCUT2D eigenvalue weighted by atomic mass is 79.9. The Morgan fingerprint density at radius 2 is 2.23 bits per heavy atom. The van der Waals surface area contributed by atoms with Crippen molar-refractivity contribution >= 4 is 33.1 Å². The molecular weight excluding hydrogens is 237 g/mol. The van der Waals surface area contributed by atoms with E-state index in [1.54, 1.807) is 6.07 Å². The number of carbonyl (C=O) groups is 1. The molecule has 66 valence electrons. The molecule has 1 aromatic carbocycles. The maximum absolute atomic E-state index is 12.8. The normalized spacial score (nSPS) is 10.6. The second kappa shape index (κ2) is 2.96. The topological polar surface area (TPSA) is 32.9 Å². The third kappa shape index (κ3) is 1.27. The van der Waals surface area contributed by atoms with Crippen LogP contribution in [0, 0.1) is 5.82 Å². The van der Waals surface area contributed by atoms with Crippen molar-refractivity contribution in [1.29, 1.82) is 0 Å². The van der Waals surface area contributed by atoms with Gasteiger partial charge in [0.25, 0.3) is 0 Å². The monoisotopic (exact) mass is 241 g/mol. The van der Waals surface area contributed by atoms with Gasteiger partial charge in [0.1, 0.15) is 5.82 Å². The lowest BCUT2D eigenvalue weighted by atomic mass is 10.2. The summed E-state index contributed by atoms with van der Waals surface area (Å²) in [5.74, 6) is -0.321. The minimum atomic E-state index is -0.321. The summed E-state index contributed by atoms with van der Waals surface area (Å²) in [4.78, 5) is 13.3.